The van der Waals surface area contributed by atoms with E-state index in [9.17, 15) is 5.11 Å². The Morgan fingerprint density at radius 2 is 2.07 bits per heavy atom. The first-order chi connectivity index (χ1) is 7.34. The molecular weight excluding hydrogens is 188 g/mol. The van der Waals surface area contributed by atoms with E-state index in [4.69, 9.17) is 0 Å². The highest BCUT2D eigenvalue weighted by molar-refractivity contribution is 4.75. The third-order valence-corrected chi connectivity index (χ3v) is 3.71. The van der Waals surface area contributed by atoms with E-state index in [-0.39, 0.29) is 6.10 Å². The Hall–Kier alpha value is -0.120. The van der Waals surface area contributed by atoms with Crippen LogP contribution in [-0.4, -0.2) is 48.8 Å². The van der Waals surface area contributed by atoms with E-state index in [1.807, 2.05) is 0 Å². The fourth-order valence-electron chi connectivity index (χ4n) is 2.77. The van der Waals surface area contributed by atoms with Gasteiger partial charge in [-0.25, -0.2) is 0 Å². The van der Waals surface area contributed by atoms with E-state index in [0.29, 0.717) is 0 Å². The summed E-state index contributed by atoms with van der Waals surface area (Å²) >= 11 is 0. The zero-order valence-corrected chi connectivity index (χ0v) is 9.62. The SMILES string of the molecule is OC1CCCN(CC2CCCNC2)CC1. The first-order valence-corrected chi connectivity index (χ1v) is 6.46. The molecule has 15 heavy (non-hydrogen) atoms. The lowest BCUT2D eigenvalue weighted by Gasteiger charge is -2.29. The largest absolute Gasteiger partial charge is 0.393 e. The van der Waals surface area contributed by atoms with Gasteiger partial charge in [-0.3, -0.25) is 0 Å². The van der Waals surface area contributed by atoms with Crippen molar-refractivity contribution in [2.45, 2.75) is 38.2 Å². The van der Waals surface area contributed by atoms with E-state index in [2.05, 4.69) is 10.2 Å². The fourth-order valence-corrected chi connectivity index (χ4v) is 2.77. The van der Waals surface area contributed by atoms with Crippen molar-refractivity contribution in [2.24, 2.45) is 5.92 Å². The van der Waals surface area contributed by atoms with Crippen LogP contribution >= 0.6 is 0 Å². The molecule has 0 spiro atoms. The topological polar surface area (TPSA) is 35.5 Å². The van der Waals surface area contributed by atoms with Gasteiger partial charge in [-0.15, -0.1) is 0 Å². The predicted octanol–water partition coefficient (Wildman–Crippen LogP) is 0.833. The van der Waals surface area contributed by atoms with E-state index < -0.39 is 0 Å². The van der Waals surface area contributed by atoms with Crippen LogP contribution in [0.4, 0.5) is 0 Å². The van der Waals surface area contributed by atoms with Crippen molar-refractivity contribution in [2.75, 3.05) is 32.7 Å². The van der Waals surface area contributed by atoms with Crippen molar-refractivity contribution in [3.05, 3.63) is 0 Å². The normalized spacial score (nSPS) is 35.0. The number of hydrogen-bond acceptors (Lipinski definition) is 3. The molecule has 3 nitrogen and oxygen atoms in total. The highest BCUT2D eigenvalue weighted by Gasteiger charge is 2.19. The van der Waals surface area contributed by atoms with Gasteiger partial charge in [0.2, 0.25) is 0 Å². The number of nitrogens with one attached hydrogen (secondary N) is 1. The number of aliphatic hydroxyl groups is 1. The minimum absolute atomic E-state index is 0.0421. The molecule has 2 heterocycles. The quantitative estimate of drug-likeness (QED) is 0.712. The maximum Gasteiger partial charge on any atom is 0.0553 e. The van der Waals surface area contributed by atoms with Crippen LogP contribution in [0.2, 0.25) is 0 Å². The molecule has 2 aliphatic rings. The van der Waals surface area contributed by atoms with E-state index in [1.54, 1.807) is 0 Å². The summed E-state index contributed by atoms with van der Waals surface area (Å²) in [6.45, 7) is 5.92. The van der Waals surface area contributed by atoms with Gasteiger partial charge in [0, 0.05) is 13.1 Å². The van der Waals surface area contributed by atoms with Crippen LogP contribution in [0.15, 0.2) is 0 Å². The van der Waals surface area contributed by atoms with Crippen molar-refractivity contribution in [1.82, 2.24) is 10.2 Å². The molecule has 88 valence electrons. The Kier molecular flexibility index (Phi) is 4.42. The van der Waals surface area contributed by atoms with Crippen LogP contribution < -0.4 is 5.32 Å². The Balaban J connectivity index is 1.72. The highest BCUT2D eigenvalue weighted by Crippen LogP contribution is 2.16. The summed E-state index contributed by atoms with van der Waals surface area (Å²) in [7, 11) is 0. The lowest BCUT2D eigenvalue weighted by molar-refractivity contribution is 0.151. The number of piperidine rings is 1. The van der Waals surface area contributed by atoms with Gasteiger partial charge < -0.3 is 15.3 Å². The molecule has 0 aromatic rings. The molecule has 0 aromatic heterocycles. The summed E-state index contributed by atoms with van der Waals surface area (Å²) in [5, 5.41) is 13.0. The molecule has 2 fully saturated rings. The van der Waals surface area contributed by atoms with E-state index >= 15 is 0 Å². The second-order valence-corrected chi connectivity index (χ2v) is 5.10. The van der Waals surface area contributed by atoms with Crippen molar-refractivity contribution < 1.29 is 5.11 Å². The van der Waals surface area contributed by atoms with Crippen LogP contribution in [0, 0.1) is 5.92 Å². The average Bonchev–Trinajstić information content (AvgIpc) is 2.46. The first-order valence-electron chi connectivity index (χ1n) is 6.46. The van der Waals surface area contributed by atoms with Gasteiger partial charge in [-0.2, -0.15) is 0 Å². The van der Waals surface area contributed by atoms with Gasteiger partial charge in [0.25, 0.3) is 0 Å². The summed E-state index contributed by atoms with van der Waals surface area (Å²) in [6, 6.07) is 0. The Morgan fingerprint density at radius 3 is 2.87 bits per heavy atom. The minimum Gasteiger partial charge on any atom is -0.393 e. The highest BCUT2D eigenvalue weighted by atomic mass is 16.3. The van der Waals surface area contributed by atoms with Crippen LogP contribution in [-0.2, 0) is 0 Å². The average molecular weight is 212 g/mol. The monoisotopic (exact) mass is 212 g/mol. The van der Waals surface area contributed by atoms with Crippen LogP contribution in [0.3, 0.4) is 0 Å². The van der Waals surface area contributed by atoms with Crippen LogP contribution in [0.1, 0.15) is 32.1 Å². The molecule has 2 N–H and O–H groups in total. The summed E-state index contributed by atoms with van der Waals surface area (Å²) in [6.07, 6.45) is 5.81. The number of likely N-dealkylation sites (tertiary alicyclic amines) is 1. The van der Waals surface area contributed by atoms with Crippen molar-refractivity contribution in [3.63, 3.8) is 0 Å². The summed E-state index contributed by atoms with van der Waals surface area (Å²) in [5.41, 5.74) is 0. The number of nitrogens with zero attached hydrogens (tertiary/aromatic N) is 1. The fraction of sp³-hybridized carbons (Fsp3) is 1.00. The zero-order valence-electron chi connectivity index (χ0n) is 9.62. The van der Waals surface area contributed by atoms with Gasteiger partial charge in [0.15, 0.2) is 0 Å². The molecule has 0 bridgehead atoms. The second kappa shape index (κ2) is 5.83. The van der Waals surface area contributed by atoms with Crippen LogP contribution in [0.25, 0.3) is 0 Å². The molecule has 0 saturated carbocycles. The van der Waals surface area contributed by atoms with Crippen LogP contribution in [0.5, 0.6) is 0 Å². The molecule has 3 heteroatoms. The molecule has 2 saturated heterocycles. The lowest BCUT2D eigenvalue weighted by atomic mass is 9.99. The summed E-state index contributed by atoms with van der Waals surface area (Å²) < 4.78 is 0. The Labute approximate surface area is 92.8 Å². The standard InChI is InChI=1S/C12H24N2O/c15-12-4-2-7-14(8-5-12)10-11-3-1-6-13-9-11/h11-13,15H,1-10H2. The smallest absolute Gasteiger partial charge is 0.0553 e. The third-order valence-electron chi connectivity index (χ3n) is 3.71. The van der Waals surface area contributed by atoms with E-state index in [0.717, 1.165) is 25.3 Å². The zero-order chi connectivity index (χ0) is 10.5. The molecule has 2 aliphatic heterocycles. The van der Waals surface area contributed by atoms with Gasteiger partial charge in [-0.05, 0) is 57.7 Å². The molecule has 0 radical (unpaired) electrons. The summed E-state index contributed by atoms with van der Waals surface area (Å²) in [5.74, 6) is 0.842. The molecule has 0 aliphatic carbocycles. The number of aliphatic hydroxyl groups excluding tert-OH is 1. The maximum absolute atomic E-state index is 9.57. The van der Waals surface area contributed by atoms with E-state index in [1.165, 1.54) is 45.4 Å². The Morgan fingerprint density at radius 1 is 1.13 bits per heavy atom. The van der Waals surface area contributed by atoms with Gasteiger partial charge in [0.1, 0.15) is 0 Å². The van der Waals surface area contributed by atoms with Crippen molar-refractivity contribution in [3.8, 4) is 0 Å². The number of rotatable bonds is 2. The van der Waals surface area contributed by atoms with Gasteiger partial charge in [-0.1, -0.05) is 0 Å². The maximum atomic E-state index is 9.57. The summed E-state index contributed by atoms with van der Waals surface area (Å²) in [4.78, 5) is 2.55. The molecule has 2 atom stereocenters. The second-order valence-electron chi connectivity index (χ2n) is 5.10. The molecule has 2 unspecified atom stereocenters. The minimum atomic E-state index is -0.0421. The lowest BCUT2D eigenvalue weighted by Crippen LogP contribution is -2.38. The van der Waals surface area contributed by atoms with Crippen molar-refractivity contribution >= 4 is 0 Å². The molecule has 0 amide bonds. The van der Waals surface area contributed by atoms with Crippen molar-refractivity contribution in [1.29, 1.82) is 0 Å². The third kappa shape index (κ3) is 3.74. The first kappa shape index (κ1) is 11.4. The predicted molar refractivity (Wildman–Crippen MR) is 61.9 cm³/mol. The number of hydrogen-bond donors (Lipinski definition) is 2. The van der Waals surface area contributed by atoms with Gasteiger partial charge in [0.05, 0.1) is 6.10 Å². The Bertz CT molecular complexity index is 180. The molecule has 2 rings (SSSR count). The molecule has 0 aromatic carbocycles. The molecular formula is C12H24N2O. The van der Waals surface area contributed by atoms with Gasteiger partial charge >= 0.3 is 0 Å².